The third kappa shape index (κ3) is 15.6. The highest BCUT2D eigenvalue weighted by molar-refractivity contribution is 6.20. The highest BCUT2D eigenvalue weighted by Crippen LogP contribution is 2.14. The van der Waals surface area contributed by atoms with Gasteiger partial charge in [0, 0.05) is 6.08 Å². The number of esters is 2. The van der Waals surface area contributed by atoms with Crippen LogP contribution in [0.2, 0.25) is 0 Å². The fourth-order valence-corrected chi connectivity index (χ4v) is 2.42. The third-order valence-corrected chi connectivity index (χ3v) is 3.82. The van der Waals surface area contributed by atoms with Crippen LogP contribution in [0.5, 0.6) is 0 Å². The van der Waals surface area contributed by atoms with Crippen LogP contribution >= 0.6 is 11.6 Å². The van der Waals surface area contributed by atoms with E-state index in [9.17, 15) is 9.59 Å². The van der Waals surface area contributed by atoms with Crippen LogP contribution in [0.3, 0.4) is 0 Å². The second-order valence-corrected chi connectivity index (χ2v) is 6.13. The zero-order valence-electron chi connectivity index (χ0n) is 14.4. The van der Waals surface area contributed by atoms with Gasteiger partial charge in [-0.2, -0.15) is 0 Å². The van der Waals surface area contributed by atoms with Gasteiger partial charge in [-0.3, -0.25) is 4.79 Å². The Morgan fingerprint density at radius 2 is 1.61 bits per heavy atom. The Labute approximate surface area is 145 Å². The van der Waals surface area contributed by atoms with Gasteiger partial charge >= 0.3 is 11.9 Å². The maximum Gasteiger partial charge on any atom is 0.330 e. The summed E-state index contributed by atoms with van der Waals surface area (Å²) in [4.78, 5) is 22.3. The van der Waals surface area contributed by atoms with Gasteiger partial charge in [-0.1, -0.05) is 76.5 Å². The van der Waals surface area contributed by atoms with Crippen molar-refractivity contribution in [1.29, 1.82) is 0 Å². The van der Waals surface area contributed by atoms with Crippen molar-refractivity contribution in [1.82, 2.24) is 0 Å². The maximum atomic E-state index is 11.5. The molecule has 0 heterocycles. The number of ether oxygens (including phenoxy) is 2. The molecule has 0 saturated carbocycles. The van der Waals surface area contributed by atoms with Crippen LogP contribution in [0.1, 0.15) is 77.6 Å². The minimum atomic E-state index is -0.595. The number of hydrogen-bond acceptors (Lipinski definition) is 4. The van der Waals surface area contributed by atoms with Crippen LogP contribution < -0.4 is 0 Å². The maximum absolute atomic E-state index is 11.5. The molecule has 0 aliphatic rings. The van der Waals surface area contributed by atoms with Crippen molar-refractivity contribution < 1.29 is 19.1 Å². The zero-order chi connectivity index (χ0) is 17.3. The number of carbonyl (C=O) groups excluding carboxylic acids is 2. The van der Waals surface area contributed by atoms with E-state index in [4.69, 9.17) is 21.1 Å². The van der Waals surface area contributed by atoms with Gasteiger partial charge in [-0.25, -0.2) is 4.79 Å². The lowest BCUT2D eigenvalue weighted by molar-refractivity contribution is -0.148. The Morgan fingerprint density at radius 3 is 2.17 bits per heavy atom. The molecule has 0 bridgehead atoms. The summed E-state index contributed by atoms with van der Waals surface area (Å²) >= 11 is 5.97. The summed E-state index contributed by atoms with van der Waals surface area (Å²) in [5.41, 5.74) is -0.595. The molecule has 1 atom stereocenters. The summed E-state index contributed by atoms with van der Waals surface area (Å²) in [7, 11) is 0. The molecule has 0 spiro atoms. The monoisotopic (exact) mass is 346 g/mol. The molecule has 0 aliphatic carbocycles. The molecule has 0 aromatic rings. The zero-order valence-corrected chi connectivity index (χ0v) is 15.1. The molecule has 0 saturated heterocycles. The summed E-state index contributed by atoms with van der Waals surface area (Å²) in [6.45, 7) is 5.49. The average Bonchev–Trinajstić information content (AvgIpc) is 2.53. The largest absolute Gasteiger partial charge is 0.462 e. The standard InChI is InChI=1S/C18H31ClO4/c1-3-5-6-7-8-9-10-11-12-13-16(19)23-18(21)14-15-22-17(20)4-2/h4,16H,2-3,5-15H2,1H3. The van der Waals surface area contributed by atoms with E-state index in [0.29, 0.717) is 6.42 Å². The van der Waals surface area contributed by atoms with E-state index >= 15 is 0 Å². The van der Waals surface area contributed by atoms with E-state index in [1.807, 2.05) is 0 Å². The Bertz CT molecular complexity index is 331. The third-order valence-electron chi connectivity index (χ3n) is 3.51. The first-order valence-corrected chi connectivity index (χ1v) is 9.16. The molecule has 0 radical (unpaired) electrons. The van der Waals surface area contributed by atoms with Crippen molar-refractivity contribution in [3.8, 4) is 0 Å². The van der Waals surface area contributed by atoms with E-state index < -0.39 is 17.5 Å². The van der Waals surface area contributed by atoms with Crippen LogP contribution in [0.4, 0.5) is 0 Å². The number of rotatable bonds is 15. The summed E-state index contributed by atoms with van der Waals surface area (Å²) in [5.74, 6) is -0.993. The van der Waals surface area contributed by atoms with Gasteiger partial charge in [0.2, 0.25) is 0 Å². The molecule has 0 fully saturated rings. The molecule has 0 aliphatic heterocycles. The Balaban J connectivity index is 3.41. The molecular formula is C18H31ClO4. The van der Waals surface area contributed by atoms with Gasteiger partial charge < -0.3 is 9.47 Å². The lowest BCUT2D eigenvalue weighted by Crippen LogP contribution is -2.15. The van der Waals surface area contributed by atoms with E-state index in [-0.39, 0.29) is 13.0 Å². The first kappa shape index (κ1) is 22.0. The lowest BCUT2D eigenvalue weighted by Gasteiger charge is -2.11. The smallest absolute Gasteiger partial charge is 0.330 e. The lowest BCUT2D eigenvalue weighted by atomic mass is 10.1. The van der Waals surface area contributed by atoms with Gasteiger partial charge in [0.15, 0.2) is 5.56 Å². The minimum absolute atomic E-state index is 0.00860. The van der Waals surface area contributed by atoms with Gasteiger partial charge in [0.25, 0.3) is 0 Å². The average molecular weight is 347 g/mol. The molecule has 0 N–H and O–H groups in total. The molecule has 4 nitrogen and oxygen atoms in total. The van der Waals surface area contributed by atoms with Crippen molar-refractivity contribution in [2.75, 3.05) is 6.61 Å². The van der Waals surface area contributed by atoms with E-state index in [1.54, 1.807) is 0 Å². The first-order valence-electron chi connectivity index (χ1n) is 8.72. The van der Waals surface area contributed by atoms with Crippen molar-refractivity contribution in [3.63, 3.8) is 0 Å². The van der Waals surface area contributed by atoms with Gasteiger partial charge in [-0.05, 0) is 12.8 Å². The number of halogens is 1. The highest BCUT2D eigenvalue weighted by atomic mass is 35.5. The first-order chi connectivity index (χ1) is 11.1. The van der Waals surface area contributed by atoms with Crippen molar-refractivity contribution in [2.45, 2.75) is 83.1 Å². The summed E-state index contributed by atoms with van der Waals surface area (Å²) < 4.78 is 9.75. The van der Waals surface area contributed by atoms with E-state index in [2.05, 4.69) is 13.5 Å². The molecule has 1 unspecified atom stereocenters. The number of carbonyl (C=O) groups is 2. The van der Waals surface area contributed by atoms with Gasteiger partial charge in [-0.15, -0.1) is 0 Å². The SMILES string of the molecule is C=CC(=O)OCCC(=O)OC(Cl)CCCCCCCCCCC. The quantitative estimate of drug-likeness (QED) is 0.178. The fraction of sp³-hybridized carbons (Fsp3) is 0.778. The number of unbranched alkanes of at least 4 members (excludes halogenated alkanes) is 8. The van der Waals surface area contributed by atoms with Crippen molar-refractivity contribution in [2.24, 2.45) is 0 Å². The topological polar surface area (TPSA) is 52.6 Å². The van der Waals surface area contributed by atoms with Gasteiger partial charge in [0.1, 0.15) is 6.61 Å². The molecule has 5 heteroatoms. The Kier molecular flexibility index (Phi) is 15.1. The predicted octanol–water partition coefficient (Wildman–Crippen LogP) is 5.13. The van der Waals surface area contributed by atoms with Crippen LogP contribution in [0.25, 0.3) is 0 Å². The number of hydrogen-bond donors (Lipinski definition) is 0. The number of alkyl halides is 1. The van der Waals surface area contributed by atoms with Crippen LogP contribution in [-0.2, 0) is 19.1 Å². The molecule has 0 amide bonds. The van der Waals surface area contributed by atoms with Crippen LogP contribution in [0, 0.1) is 0 Å². The Morgan fingerprint density at radius 1 is 1.04 bits per heavy atom. The summed E-state index contributed by atoms with van der Waals surface area (Å²) in [5, 5.41) is 0. The highest BCUT2D eigenvalue weighted by Gasteiger charge is 2.11. The summed E-state index contributed by atoms with van der Waals surface area (Å²) in [6.07, 6.45) is 12.9. The second-order valence-electron chi connectivity index (χ2n) is 5.64. The summed E-state index contributed by atoms with van der Waals surface area (Å²) in [6, 6.07) is 0. The molecule has 23 heavy (non-hydrogen) atoms. The normalized spacial score (nSPS) is 11.7. The molecular weight excluding hydrogens is 316 g/mol. The molecule has 0 aromatic carbocycles. The van der Waals surface area contributed by atoms with E-state index in [1.165, 1.54) is 44.9 Å². The van der Waals surface area contributed by atoms with Crippen LogP contribution in [-0.4, -0.2) is 24.1 Å². The molecule has 134 valence electrons. The second kappa shape index (κ2) is 15.9. The van der Waals surface area contributed by atoms with Gasteiger partial charge in [0.05, 0.1) is 6.42 Å². The Hall–Kier alpha value is -1.03. The van der Waals surface area contributed by atoms with Crippen molar-refractivity contribution in [3.05, 3.63) is 12.7 Å². The molecule has 0 aromatic heterocycles. The fourth-order valence-electron chi connectivity index (χ4n) is 2.17. The minimum Gasteiger partial charge on any atom is -0.462 e. The van der Waals surface area contributed by atoms with E-state index in [0.717, 1.165) is 18.9 Å². The van der Waals surface area contributed by atoms with Crippen LogP contribution in [0.15, 0.2) is 12.7 Å². The predicted molar refractivity (Wildman–Crippen MR) is 93.4 cm³/mol. The van der Waals surface area contributed by atoms with Crippen molar-refractivity contribution >= 4 is 23.5 Å². The molecule has 0 rings (SSSR count).